The maximum absolute atomic E-state index is 10.2. The molecule has 0 amide bonds. The fourth-order valence-electron chi connectivity index (χ4n) is 0.568. The molecule has 0 atom stereocenters. The van der Waals surface area contributed by atoms with E-state index < -0.39 is 11.9 Å². The Labute approximate surface area is 110 Å². The second kappa shape index (κ2) is 4.78. The molecule has 0 radical (unpaired) electrons. The minimum atomic E-state index is -1.28. The van der Waals surface area contributed by atoms with Gasteiger partial charge in [-0.1, -0.05) is 0 Å². The van der Waals surface area contributed by atoms with Crippen LogP contribution in [0.25, 0.3) is 0 Å². The molecule has 0 bridgehead atoms. The Morgan fingerprint density at radius 2 is 1.42 bits per heavy atom. The van der Waals surface area contributed by atoms with Crippen molar-refractivity contribution >= 4 is 63.3 Å². The van der Waals surface area contributed by atoms with Crippen LogP contribution in [0.15, 0.2) is 16.5 Å². The van der Waals surface area contributed by atoms with Crippen LogP contribution in [0.4, 0.5) is 0 Å². The molecule has 0 saturated heterocycles. The second-order valence-corrected chi connectivity index (χ2v) is 1.77. The van der Waals surface area contributed by atoms with E-state index in [1.54, 1.807) is 0 Å². The van der Waals surface area contributed by atoms with Gasteiger partial charge in [0.2, 0.25) is 11.5 Å². The van der Waals surface area contributed by atoms with Gasteiger partial charge in [0.1, 0.15) is 0 Å². The molecular formula is C6H5KO5. The Hall–Kier alpha value is -0.144. The molecule has 0 unspecified atom stereocenters. The van der Waals surface area contributed by atoms with Crippen molar-refractivity contribution in [3.63, 3.8) is 0 Å². The van der Waals surface area contributed by atoms with Gasteiger partial charge in [-0.15, -0.1) is 0 Å². The predicted octanol–water partition coefficient (Wildman–Crippen LogP) is 0.0275. The molecule has 1 aromatic heterocycles. The third-order valence-electron chi connectivity index (χ3n) is 1.03. The first-order valence-electron chi connectivity index (χ1n) is 2.67. The Balaban J connectivity index is 0.00000121. The Morgan fingerprint density at radius 1 is 1.08 bits per heavy atom. The molecule has 60 valence electrons. The molecule has 0 aliphatic carbocycles. The maximum atomic E-state index is 10.2. The summed E-state index contributed by atoms with van der Waals surface area (Å²) in [7, 11) is 0. The summed E-state index contributed by atoms with van der Waals surface area (Å²) < 4.78 is 4.41. The molecule has 6 heteroatoms. The first-order valence-corrected chi connectivity index (χ1v) is 2.67. The van der Waals surface area contributed by atoms with Gasteiger partial charge in [0, 0.05) is 0 Å². The molecule has 0 aliphatic heterocycles. The molecule has 12 heavy (non-hydrogen) atoms. The van der Waals surface area contributed by atoms with Gasteiger partial charge >= 0.3 is 63.3 Å². The van der Waals surface area contributed by atoms with E-state index >= 15 is 0 Å². The van der Waals surface area contributed by atoms with Crippen LogP contribution in [0.2, 0.25) is 0 Å². The van der Waals surface area contributed by atoms with Gasteiger partial charge in [-0.05, 0) is 12.1 Å². The average molecular weight is 196 g/mol. The molecule has 0 aliphatic rings. The standard InChI is InChI=1S/C6H4O5.K.H/c7-5(8)3-1-2-4(11-3)6(9)10;;/h1-2H,(H,7,8)(H,9,10);;. The van der Waals surface area contributed by atoms with Crippen molar-refractivity contribution in [1.29, 1.82) is 0 Å². The number of hydrogen-bond donors (Lipinski definition) is 2. The third-order valence-corrected chi connectivity index (χ3v) is 1.03. The summed E-state index contributed by atoms with van der Waals surface area (Å²) in [5, 5.41) is 16.6. The van der Waals surface area contributed by atoms with Gasteiger partial charge in [-0.25, -0.2) is 9.59 Å². The molecule has 2 N–H and O–H groups in total. The van der Waals surface area contributed by atoms with Crippen LogP contribution in [0.3, 0.4) is 0 Å². The number of furan rings is 1. The Bertz CT molecular complexity index is 274. The van der Waals surface area contributed by atoms with Gasteiger partial charge in [0.15, 0.2) is 0 Å². The number of rotatable bonds is 2. The number of carboxylic acid groups (broad SMARTS) is 2. The molecule has 1 aromatic rings. The van der Waals surface area contributed by atoms with Crippen LogP contribution in [0, 0.1) is 0 Å². The van der Waals surface area contributed by atoms with E-state index in [0.29, 0.717) is 0 Å². The van der Waals surface area contributed by atoms with Gasteiger partial charge in [-0.3, -0.25) is 0 Å². The summed E-state index contributed by atoms with van der Waals surface area (Å²) in [5.41, 5.74) is 0. The normalized spacial score (nSPS) is 8.67. The monoisotopic (exact) mass is 196 g/mol. The first-order chi connectivity index (χ1) is 5.11. The molecular weight excluding hydrogens is 191 g/mol. The van der Waals surface area contributed by atoms with E-state index in [1.165, 1.54) is 0 Å². The minimum absolute atomic E-state index is 0. The third kappa shape index (κ3) is 2.72. The molecule has 0 saturated carbocycles. The van der Waals surface area contributed by atoms with Crippen LogP contribution in [-0.4, -0.2) is 73.5 Å². The average Bonchev–Trinajstić information content (AvgIpc) is 2.33. The summed E-state index contributed by atoms with van der Waals surface area (Å²) in [6.07, 6.45) is 0. The van der Waals surface area contributed by atoms with Crippen LogP contribution in [-0.2, 0) is 0 Å². The summed E-state index contributed by atoms with van der Waals surface area (Å²) >= 11 is 0. The van der Waals surface area contributed by atoms with Gasteiger partial charge in [0.05, 0.1) is 0 Å². The van der Waals surface area contributed by atoms with Crippen molar-refractivity contribution in [3.05, 3.63) is 23.7 Å². The fourth-order valence-corrected chi connectivity index (χ4v) is 0.568. The number of hydrogen-bond acceptors (Lipinski definition) is 3. The van der Waals surface area contributed by atoms with E-state index in [2.05, 4.69) is 4.42 Å². The van der Waals surface area contributed by atoms with Crippen molar-refractivity contribution < 1.29 is 24.2 Å². The number of carboxylic acids is 2. The van der Waals surface area contributed by atoms with E-state index in [0.717, 1.165) is 12.1 Å². The number of carbonyl (C=O) groups is 2. The van der Waals surface area contributed by atoms with E-state index in [4.69, 9.17) is 10.2 Å². The zero-order valence-electron chi connectivity index (χ0n) is 5.27. The number of aromatic carboxylic acids is 2. The summed E-state index contributed by atoms with van der Waals surface area (Å²) in [6.45, 7) is 0. The fraction of sp³-hybridized carbons (Fsp3) is 0. The van der Waals surface area contributed by atoms with Gasteiger partial charge in [0.25, 0.3) is 0 Å². The van der Waals surface area contributed by atoms with Crippen LogP contribution in [0.1, 0.15) is 21.1 Å². The molecule has 5 nitrogen and oxygen atoms in total. The second-order valence-electron chi connectivity index (χ2n) is 1.77. The first kappa shape index (κ1) is 11.9. The molecule has 0 aromatic carbocycles. The van der Waals surface area contributed by atoms with Crippen LogP contribution < -0.4 is 0 Å². The van der Waals surface area contributed by atoms with Crippen molar-refractivity contribution in [1.82, 2.24) is 0 Å². The van der Waals surface area contributed by atoms with E-state index in [1.807, 2.05) is 0 Å². The van der Waals surface area contributed by atoms with Crippen molar-refractivity contribution in [2.45, 2.75) is 0 Å². The zero-order chi connectivity index (χ0) is 8.43. The van der Waals surface area contributed by atoms with Crippen molar-refractivity contribution in [2.75, 3.05) is 0 Å². The topological polar surface area (TPSA) is 87.7 Å². The Kier molecular flexibility index (Phi) is 4.72. The predicted molar refractivity (Wildman–Crippen MR) is 39.8 cm³/mol. The SMILES string of the molecule is O=C(O)c1ccc(C(=O)O)o1.[KH]. The van der Waals surface area contributed by atoms with Crippen LogP contribution in [0.5, 0.6) is 0 Å². The van der Waals surface area contributed by atoms with Crippen molar-refractivity contribution in [3.8, 4) is 0 Å². The van der Waals surface area contributed by atoms with Gasteiger partial charge < -0.3 is 14.6 Å². The van der Waals surface area contributed by atoms with Gasteiger partial charge in [-0.2, -0.15) is 0 Å². The molecule has 0 spiro atoms. The molecule has 0 fully saturated rings. The van der Waals surface area contributed by atoms with E-state index in [9.17, 15) is 9.59 Å². The van der Waals surface area contributed by atoms with Crippen molar-refractivity contribution in [2.24, 2.45) is 0 Å². The molecule has 1 rings (SSSR count). The quantitative estimate of drug-likeness (QED) is 0.651. The van der Waals surface area contributed by atoms with Crippen LogP contribution >= 0.6 is 0 Å². The summed E-state index contributed by atoms with van der Waals surface area (Å²) in [6, 6.07) is 2.18. The van der Waals surface area contributed by atoms with E-state index in [-0.39, 0.29) is 62.9 Å². The Morgan fingerprint density at radius 3 is 1.58 bits per heavy atom. The summed E-state index contributed by atoms with van der Waals surface area (Å²) in [5.74, 6) is -3.31. The molecule has 1 heterocycles. The zero-order valence-corrected chi connectivity index (χ0v) is 5.27. The summed E-state index contributed by atoms with van der Waals surface area (Å²) in [4.78, 5) is 20.3.